The van der Waals surface area contributed by atoms with Crippen LogP contribution in [0.2, 0.25) is 5.04 Å². The van der Waals surface area contributed by atoms with Crippen molar-refractivity contribution in [2.24, 2.45) is 16.7 Å². The molecule has 0 N–H and O–H groups in total. The fraction of sp³-hybridized carbons (Fsp3) is 0.500. The van der Waals surface area contributed by atoms with Gasteiger partial charge in [-0.2, -0.15) is 0 Å². The lowest BCUT2D eigenvalue weighted by Crippen LogP contribution is -2.68. The molecule has 174 valence electrons. The number of Topliss-reactive ketones (excluding diaryl/α,β-unsaturated/α-hetero) is 1. The minimum Gasteiger partial charge on any atom is -0.454 e. The number of esters is 1. The second-order valence-corrected chi connectivity index (χ2v) is 15.7. The maximum atomic E-state index is 12.7. The van der Waals surface area contributed by atoms with Gasteiger partial charge in [0.1, 0.15) is 0 Å². The Balaban J connectivity index is 1.58. The second kappa shape index (κ2) is 7.38. The van der Waals surface area contributed by atoms with Gasteiger partial charge in [-0.25, -0.2) is 0 Å². The Morgan fingerprint density at radius 3 is 2.03 bits per heavy atom. The lowest BCUT2D eigenvalue weighted by molar-refractivity contribution is -0.154. The highest BCUT2D eigenvalue weighted by atomic mass is 28.4. The molecule has 0 saturated heterocycles. The number of carbonyl (C=O) groups is 2. The summed E-state index contributed by atoms with van der Waals surface area (Å²) in [4.78, 5) is 24.5. The normalized spacial score (nSPS) is 32.9. The highest BCUT2D eigenvalue weighted by Crippen LogP contribution is 2.84. The zero-order chi connectivity index (χ0) is 23.6. The summed E-state index contributed by atoms with van der Waals surface area (Å²) in [6.45, 7) is 10.6. The van der Waals surface area contributed by atoms with Gasteiger partial charge >= 0.3 is 5.97 Å². The van der Waals surface area contributed by atoms with Crippen molar-refractivity contribution in [2.45, 2.75) is 71.1 Å². The molecule has 0 bridgehead atoms. The first-order chi connectivity index (χ1) is 15.6. The number of hydrogen-bond donors (Lipinski definition) is 0. The van der Waals surface area contributed by atoms with Crippen LogP contribution >= 0.6 is 0 Å². The van der Waals surface area contributed by atoms with Crippen molar-refractivity contribution in [3.63, 3.8) is 0 Å². The average Bonchev–Trinajstić information content (AvgIpc) is 2.97. The van der Waals surface area contributed by atoms with E-state index in [2.05, 4.69) is 88.4 Å². The lowest BCUT2D eigenvalue weighted by atomic mass is 9.90. The minimum absolute atomic E-state index is 0.0277. The van der Waals surface area contributed by atoms with E-state index in [1.807, 2.05) is 0 Å². The monoisotopic (exact) mass is 462 g/mol. The van der Waals surface area contributed by atoms with Crippen LogP contribution in [0.1, 0.15) is 53.9 Å². The molecule has 5 heteroatoms. The van der Waals surface area contributed by atoms with Gasteiger partial charge in [0.15, 0.2) is 11.9 Å². The summed E-state index contributed by atoms with van der Waals surface area (Å²) in [6.07, 6.45) is 1.82. The van der Waals surface area contributed by atoms with Gasteiger partial charge in [0.05, 0.1) is 6.10 Å². The standard InChI is InChI=1S/C28H34O4Si/c1-19(29)31-24-22(30)18-28-17-16-23(27(28,5)25(24)28)32-33(26(2,3)4,20-12-8-6-9-13-20)21-14-10-7-11-15-21/h6-15,23-25H,16-18H2,1-5H3/t23-,24-,25-,27-,28?/m0/s1. The van der Waals surface area contributed by atoms with Gasteiger partial charge in [0, 0.05) is 24.7 Å². The molecule has 5 rings (SSSR count). The van der Waals surface area contributed by atoms with Gasteiger partial charge in [-0.1, -0.05) is 88.4 Å². The highest BCUT2D eigenvalue weighted by molar-refractivity contribution is 6.99. The zero-order valence-corrected chi connectivity index (χ0v) is 21.3. The van der Waals surface area contributed by atoms with E-state index in [-0.39, 0.29) is 39.6 Å². The summed E-state index contributed by atoms with van der Waals surface area (Å²) < 4.78 is 13.1. The summed E-state index contributed by atoms with van der Waals surface area (Å²) in [7, 11) is -2.69. The molecule has 0 heterocycles. The molecule has 3 saturated carbocycles. The summed E-state index contributed by atoms with van der Waals surface area (Å²) in [5.74, 6) is -0.222. The predicted molar refractivity (Wildman–Crippen MR) is 131 cm³/mol. The summed E-state index contributed by atoms with van der Waals surface area (Å²) in [6, 6.07) is 21.4. The van der Waals surface area contributed by atoms with Crippen LogP contribution in [0.3, 0.4) is 0 Å². The number of benzene rings is 2. The van der Waals surface area contributed by atoms with E-state index in [1.54, 1.807) is 0 Å². The molecule has 5 atom stereocenters. The summed E-state index contributed by atoms with van der Waals surface area (Å²) >= 11 is 0. The van der Waals surface area contributed by atoms with Crippen molar-refractivity contribution in [3.05, 3.63) is 60.7 Å². The average molecular weight is 463 g/mol. The first-order valence-corrected chi connectivity index (χ1v) is 14.0. The molecule has 2 aromatic rings. The molecule has 1 spiro atoms. The smallest absolute Gasteiger partial charge is 0.303 e. The van der Waals surface area contributed by atoms with E-state index >= 15 is 0 Å². The fourth-order valence-corrected chi connectivity index (χ4v) is 12.3. The Labute approximate surface area is 197 Å². The Morgan fingerprint density at radius 1 is 1.00 bits per heavy atom. The molecule has 2 aromatic carbocycles. The molecule has 3 aliphatic rings. The van der Waals surface area contributed by atoms with Crippen LogP contribution in [0, 0.1) is 16.7 Å². The Kier molecular flexibility index (Phi) is 5.04. The molecule has 33 heavy (non-hydrogen) atoms. The molecule has 0 aliphatic heterocycles. The molecular weight excluding hydrogens is 428 g/mol. The second-order valence-electron chi connectivity index (χ2n) is 11.4. The third-order valence-corrected chi connectivity index (χ3v) is 13.9. The van der Waals surface area contributed by atoms with Crippen molar-refractivity contribution >= 4 is 30.4 Å². The molecule has 0 radical (unpaired) electrons. The molecule has 4 nitrogen and oxygen atoms in total. The van der Waals surface area contributed by atoms with Gasteiger partial charge in [-0.3, -0.25) is 9.59 Å². The first kappa shape index (κ1) is 22.5. The number of carbonyl (C=O) groups excluding carboxylic acids is 2. The van der Waals surface area contributed by atoms with Gasteiger partial charge < -0.3 is 9.16 Å². The molecule has 1 unspecified atom stereocenters. The number of rotatable bonds is 5. The van der Waals surface area contributed by atoms with Crippen molar-refractivity contribution in [2.75, 3.05) is 0 Å². The van der Waals surface area contributed by atoms with Crippen LogP contribution in [-0.2, 0) is 18.8 Å². The van der Waals surface area contributed by atoms with E-state index in [0.29, 0.717) is 6.42 Å². The van der Waals surface area contributed by atoms with Crippen LogP contribution in [0.15, 0.2) is 60.7 Å². The van der Waals surface area contributed by atoms with Crippen molar-refractivity contribution in [1.29, 1.82) is 0 Å². The van der Waals surface area contributed by atoms with Crippen LogP contribution in [0.4, 0.5) is 0 Å². The van der Waals surface area contributed by atoms with Crippen LogP contribution in [0.25, 0.3) is 0 Å². The van der Waals surface area contributed by atoms with E-state index in [9.17, 15) is 9.59 Å². The maximum Gasteiger partial charge on any atom is 0.303 e. The first-order valence-electron chi connectivity index (χ1n) is 12.1. The van der Waals surface area contributed by atoms with Crippen LogP contribution < -0.4 is 10.4 Å². The van der Waals surface area contributed by atoms with Gasteiger partial charge in [-0.05, 0) is 33.7 Å². The van der Waals surface area contributed by atoms with Crippen LogP contribution in [0.5, 0.6) is 0 Å². The van der Waals surface area contributed by atoms with E-state index in [0.717, 1.165) is 12.8 Å². The SMILES string of the molecule is CC(=O)O[C@H]1C(=O)CC23CC[C@H](O[Si](c4ccccc4)(c4ccccc4)C(C)(C)C)[C@@]2(C)[C@H]13. The number of fused-ring (bicyclic) bond motifs is 1. The third kappa shape index (κ3) is 2.98. The fourth-order valence-electron chi connectivity index (χ4n) is 7.46. The molecule has 0 amide bonds. The van der Waals surface area contributed by atoms with E-state index in [4.69, 9.17) is 9.16 Å². The Bertz CT molecular complexity index is 1040. The largest absolute Gasteiger partial charge is 0.454 e. The number of ether oxygens (including phenoxy) is 1. The third-order valence-electron chi connectivity index (χ3n) is 8.89. The highest BCUT2D eigenvalue weighted by Gasteiger charge is 2.86. The van der Waals surface area contributed by atoms with Crippen LogP contribution in [-0.4, -0.2) is 32.3 Å². The topological polar surface area (TPSA) is 52.6 Å². The van der Waals surface area contributed by atoms with Gasteiger partial charge in [-0.15, -0.1) is 0 Å². The quantitative estimate of drug-likeness (QED) is 0.492. The Morgan fingerprint density at radius 2 is 1.55 bits per heavy atom. The van der Waals surface area contributed by atoms with E-state index < -0.39 is 14.4 Å². The Hall–Kier alpha value is -2.24. The van der Waals surface area contributed by atoms with Gasteiger partial charge in [0.2, 0.25) is 0 Å². The maximum absolute atomic E-state index is 12.7. The molecule has 0 aromatic heterocycles. The number of hydrogen-bond acceptors (Lipinski definition) is 4. The number of ketones is 1. The molecular formula is C28H34O4Si. The summed E-state index contributed by atoms with van der Waals surface area (Å²) in [5.41, 5.74) is -0.228. The van der Waals surface area contributed by atoms with Crippen molar-refractivity contribution in [3.8, 4) is 0 Å². The van der Waals surface area contributed by atoms with E-state index in [1.165, 1.54) is 17.3 Å². The predicted octanol–water partition coefficient (Wildman–Crippen LogP) is 4.25. The molecule has 3 fully saturated rings. The van der Waals surface area contributed by atoms with Gasteiger partial charge in [0.25, 0.3) is 8.32 Å². The molecule has 3 aliphatic carbocycles. The zero-order valence-electron chi connectivity index (χ0n) is 20.3. The summed E-state index contributed by atoms with van der Waals surface area (Å²) in [5, 5.41) is 2.44. The minimum atomic E-state index is -2.69. The van der Waals surface area contributed by atoms with Crippen molar-refractivity contribution < 1.29 is 18.8 Å². The lowest BCUT2D eigenvalue weighted by Gasteiger charge is -2.46. The van der Waals surface area contributed by atoms with Crippen molar-refractivity contribution in [1.82, 2.24) is 0 Å².